The maximum atomic E-state index is 13.0. The second-order valence-corrected chi connectivity index (χ2v) is 7.66. The van der Waals surface area contributed by atoms with Crippen LogP contribution in [0.25, 0.3) is 10.8 Å². The molecule has 0 atom stereocenters. The second-order valence-electron chi connectivity index (χ2n) is 7.27. The summed E-state index contributed by atoms with van der Waals surface area (Å²) in [6.45, 7) is 8.75. The van der Waals surface area contributed by atoms with Crippen LogP contribution in [-0.2, 0) is 0 Å². The van der Waals surface area contributed by atoms with Crippen molar-refractivity contribution in [2.24, 2.45) is 0 Å². The van der Waals surface area contributed by atoms with E-state index in [4.69, 9.17) is 12.2 Å². The fourth-order valence-corrected chi connectivity index (χ4v) is 4.24. The summed E-state index contributed by atoms with van der Waals surface area (Å²) in [5.74, 6) is -0.402. The minimum absolute atomic E-state index is 0.201. The monoisotopic (exact) mass is 408 g/mol. The van der Waals surface area contributed by atoms with Crippen LogP contribution in [0.1, 0.15) is 20.7 Å². The normalized spacial score (nSPS) is 17.0. The molecule has 2 amide bonds. The van der Waals surface area contributed by atoms with Crippen molar-refractivity contribution in [2.45, 2.75) is 0 Å². The predicted molar refractivity (Wildman–Crippen MR) is 118 cm³/mol. The van der Waals surface area contributed by atoms with Gasteiger partial charge in [-0.1, -0.05) is 30.3 Å². The van der Waals surface area contributed by atoms with E-state index in [1.807, 2.05) is 36.4 Å². The number of nitrogens with one attached hydrogen (secondary N) is 1. The number of imide groups is 1. The summed E-state index contributed by atoms with van der Waals surface area (Å²) in [5, 5.41) is 5.60. The van der Waals surface area contributed by atoms with Crippen LogP contribution in [0.3, 0.4) is 0 Å². The Kier molecular flexibility index (Phi) is 5.60. The highest BCUT2D eigenvalue weighted by atomic mass is 32.1. The number of piperazine rings is 1. The van der Waals surface area contributed by atoms with Gasteiger partial charge in [0.2, 0.25) is 0 Å². The van der Waals surface area contributed by atoms with E-state index >= 15 is 0 Å². The van der Waals surface area contributed by atoms with Gasteiger partial charge in [-0.3, -0.25) is 19.4 Å². The van der Waals surface area contributed by atoms with Gasteiger partial charge in [-0.05, 0) is 29.7 Å². The van der Waals surface area contributed by atoms with Gasteiger partial charge in [0.1, 0.15) is 0 Å². The first-order valence-electron chi connectivity index (χ1n) is 9.84. The van der Waals surface area contributed by atoms with E-state index in [2.05, 4.69) is 21.7 Å². The van der Waals surface area contributed by atoms with Gasteiger partial charge in [-0.25, -0.2) is 0 Å². The van der Waals surface area contributed by atoms with E-state index in [0.717, 1.165) is 42.1 Å². The van der Waals surface area contributed by atoms with Gasteiger partial charge in [0.05, 0.1) is 0 Å². The molecule has 0 saturated carbocycles. The standard InChI is InChI=1S/C22H24N4O2S/c1-2-9-23-22(29)25-13-10-24(11-14-25)12-15-26-20(27)17-7-3-5-16-6-4-8-18(19(16)17)21(26)28/h2-8H,1,9-15H2,(H,23,29). The zero-order valence-electron chi connectivity index (χ0n) is 16.3. The molecule has 150 valence electrons. The Morgan fingerprint density at radius 1 is 1.00 bits per heavy atom. The first kappa shape index (κ1) is 19.5. The van der Waals surface area contributed by atoms with E-state index < -0.39 is 0 Å². The van der Waals surface area contributed by atoms with Crippen molar-refractivity contribution >= 4 is 39.9 Å². The van der Waals surface area contributed by atoms with Crippen LogP contribution in [0, 0.1) is 0 Å². The Morgan fingerprint density at radius 3 is 2.21 bits per heavy atom. The fourth-order valence-electron chi connectivity index (χ4n) is 3.97. The summed E-state index contributed by atoms with van der Waals surface area (Å²) in [6.07, 6.45) is 1.79. The highest BCUT2D eigenvalue weighted by Crippen LogP contribution is 2.29. The lowest BCUT2D eigenvalue weighted by atomic mass is 9.94. The van der Waals surface area contributed by atoms with Crippen molar-refractivity contribution in [3.8, 4) is 0 Å². The molecule has 6 nitrogen and oxygen atoms in total. The molecule has 29 heavy (non-hydrogen) atoms. The highest BCUT2D eigenvalue weighted by Gasteiger charge is 2.32. The second kappa shape index (κ2) is 8.31. The van der Waals surface area contributed by atoms with E-state index in [-0.39, 0.29) is 11.8 Å². The number of hydrogen-bond acceptors (Lipinski definition) is 4. The average Bonchev–Trinajstić information content (AvgIpc) is 2.76. The number of rotatable bonds is 5. The van der Waals surface area contributed by atoms with Crippen molar-refractivity contribution in [1.82, 2.24) is 20.0 Å². The molecular formula is C22H24N4O2S. The number of thiocarbonyl (C=S) groups is 1. The van der Waals surface area contributed by atoms with Crippen LogP contribution in [-0.4, -0.2) is 77.4 Å². The van der Waals surface area contributed by atoms with Crippen molar-refractivity contribution in [2.75, 3.05) is 45.8 Å². The zero-order valence-corrected chi connectivity index (χ0v) is 17.1. The summed E-state index contributed by atoms with van der Waals surface area (Å²) in [6, 6.07) is 11.2. The summed E-state index contributed by atoms with van der Waals surface area (Å²) >= 11 is 5.39. The van der Waals surface area contributed by atoms with Gasteiger partial charge in [-0.15, -0.1) is 6.58 Å². The van der Waals surface area contributed by atoms with Crippen LogP contribution in [0.15, 0.2) is 49.1 Å². The molecule has 0 radical (unpaired) electrons. The third kappa shape index (κ3) is 3.75. The molecule has 2 aromatic rings. The number of carbonyl (C=O) groups is 2. The molecule has 0 bridgehead atoms. The van der Waals surface area contributed by atoms with Crippen LogP contribution in [0.5, 0.6) is 0 Å². The number of carbonyl (C=O) groups excluding carboxylic acids is 2. The molecule has 7 heteroatoms. The van der Waals surface area contributed by atoms with E-state index in [1.165, 1.54) is 4.90 Å². The number of nitrogens with zero attached hydrogens (tertiary/aromatic N) is 3. The lowest BCUT2D eigenvalue weighted by Crippen LogP contribution is -2.53. The molecule has 0 aliphatic carbocycles. The molecule has 2 aliphatic rings. The van der Waals surface area contributed by atoms with Crippen molar-refractivity contribution in [1.29, 1.82) is 0 Å². The van der Waals surface area contributed by atoms with Crippen molar-refractivity contribution in [3.63, 3.8) is 0 Å². The largest absolute Gasteiger partial charge is 0.359 e. The van der Waals surface area contributed by atoms with E-state index in [0.29, 0.717) is 30.8 Å². The number of benzene rings is 2. The number of amides is 2. The maximum Gasteiger partial charge on any atom is 0.261 e. The van der Waals surface area contributed by atoms with Crippen LogP contribution in [0.2, 0.25) is 0 Å². The molecule has 0 spiro atoms. The zero-order chi connectivity index (χ0) is 20.4. The Bertz CT molecular complexity index is 931. The fraction of sp³-hybridized carbons (Fsp3) is 0.318. The minimum Gasteiger partial charge on any atom is -0.359 e. The molecule has 1 saturated heterocycles. The Hall–Kier alpha value is -2.77. The lowest BCUT2D eigenvalue weighted by molar-refractivity contribution is 0.0583. The predicted octanol–water partition coefficient (Wildman–Crippen LogP) is 2.11. The van der Waals surface area contributed by atoms with Gasteiger partial charge in [0, 0.05) is 62.3 Å². The van der Waals surface area contributed by atoms with Gasteiger partial charge >= 0.3 is 0 Å². The SMILES string of the molecule is C=CCNC(=S)N1CCN(CCN2C(=O)c3cccc4cccc(c34)C2=O)CC1. The Balaban J connectivity index is 1.39. The summed E-state index contributed by atoms with van der Waals surface area (Å²) in [5.41, 5.74) is 1.22. The molecule has 2 aliphatic heterocycles. The minimum atomic E-state index is -0.201. The van der Waals surface area contributed by atoms with Crippen LogP contribution in [0.4, 0.5) is 0 Å². The van der Waals surface area contributed by atoms with Gasteiger partial charge < -0.3 is 10.2 Å². The van der Waals surface area contributed by atoms with E-state index in [9.17, 15) is 9.59 Å². The molecule has 1 fully saturated rings. The average molecular weight is 409 g/mol. The summed E-state index contributed by atoms with van der Waals surface area (Å²) < 4.78 is 0. The van der Waals surface area contributed by atoms with Gasteiger partial charge in [0.15, 0.2) is 5.11 Å². The Morgan fingerprint density at radius 2 is 1.62 bits per heavy atom. The van der Waals surface area contributed by atoms with Crippen molar-refractivity contribution in [3.05, 3.63) is 60.2 Å². The first-order chi connectivity index (χ1) is 14.1. The molecule has 1 N–H and O–H groups in total. The summed E-state index contributed by atoms with van der Waals surface area (Å²) in [4.78, 5) is 31.7. The Labute approximate surface area is 175 Å². The summed E-state index contributed by atoms with van der Waals surface area (Å²) in [7, 11) is 0. The van der Waals surface area contributed by atoms with E-state index in [1.54, 1.807) is 6.08 Å². The van der Waals surface area contributed by atoms with Gasteiger partial charge in [0.25, 0.3) is 11.8 Å². The molecular weight excluding hydrogens is 384 g/mol. The third-order valence-corrected chi connectivity index (χ3v) is 5.96. The quantitative estimate of drug-likeness (QED) is 0.465. The molecule has 0 unspecified atom stereocenters. The number of hydrogen-bond donors (Lipinski definition) is 1. The lowest BCUT2D eigenvalue weighted by Gasteiger charge is -2.37. The topological polar surface area (TPSA) is 55.9 Å². The molecule has 4 rings (SSSR count). The molecule has 2 aromatic carbocycles. The van der Waals surface area contributed by atoms with Crippen molar-refractivity contribution < 1.29 is 9.59 Å². The molecule has 0 aromatic heterocycles. The van der Waals surface area contributed by atoms with Gasteiger partial charge in [-0.2, -0.15) is 0 Å². The van der Waals surface area contributed by atoms with Crippen LogP contribution >= 0.6 is 12.2 Å². The molecule has 2 heterocycles. The van der Waals surface area contributed by atoms with Crippen LogP contribution < -0.4 is 5.32 Å². The first-order valence-corrected chi connectivity index (χ1v) is 10.2. The smallest absolute Gasteiger partial charge is 0.261 e. The highest BCUT2D eigenvalue weighted by molar-refractivity contribution is 7.80. The third-order valence-electron chi connectivity index (χ3n) is 5.55. The maximum absolute atomic E-state index is 13.0.